The van der Waals surface area contributed by atoms with E-state index in [9.17, 15) is 0 Å². The van der Waals surface area contributed by atoms with Gasteiger partial charge in [-0.25, -0.2) is 4.98 Å². The van der Waals surface area contributed by atoms with Crippen molar-refractivity contribution >= 4 is 23.3 Å². The third kappa shape index (κ3) is 2.32. The van der Waals surface area contributed by atoms with Crippen molar-refractivity contribution in [2.45, 2.75) is 23.4 Å². The van der Waals surface area contributed by atoms with E-state index in [1.54, 1.807) is 18.1 Å². The Hall–Kier alpha value is -0.0900. The van der Waals surface area contributed by atoms with Gasteiger partial charge in [-0.1, -0.05) is 25.6 Å². The quantitative estimate of drug-likeness (QED) is 0.619. The smallest absolute Gasteiger partial charge is 0.170 e. The zero-order valence-electron chi connectivity index (χ0n) is 5.37. The highest BCUT2D eigenvalue weighted by Gasteiger charge is 1.99. The van der Waals surface area contributed by atoms with E-state index < -0.39 is 0 Å². The maximum Gasteiger partial charge on any atom is 0.170 e. The highest BCUT2D eigenvalue weighted by atomic mass is 32.2. The van der Waals surface area contributed by atoms with E-state index in [1.165, 1.54) is 11.5 Å². The fourth-order valence-electron chi connectivity index (χ4n) is 0.417. The molecule has 0 atom stereocenters. The molecule has 9 heavy (non-hydrogen) atoms. The second-order valence-electron chi connectivity index (χ2n) is 1.87. The van der Waals surface area contributed by atoms with Gasteiger partial charge in [-0.3, -0.25) is 0 Å². The van der Waals surface area contributed by atoms with Crippen LogP contribution in [-0.4, -0.2) is 14.6 Å². The Bertz CT molecular complexity index is 159. The molecule has 0 N–H and O–H groups in total. The van der Waals surface area contributed by atoms with Crippen LogP contribution >= 0.6 is 23.3 Å². The second-order valence-corrected chi connectivity index (χ2v) is 4.48. The van der Waals surface area contributed by atoms with E-state index >= 15 is 0 Å². The molecule has 0 aliphatic rings. The monoisotopic (exact) mass is 160 g/mol. The molecule has 1 rings (SSSR count). The van der Waals surface area contributed by atoms with Gasteiger partial charge in [0.25, 0.3) is 0 Å². The van der Waals surface area contributed by atoms with Crippen molar-refractivity contribution in [3.8, 4) is 0 Å². The lowest BCUT2D eigenvalue weighted by atomic mass is 10.6. The van der Waals surface area contributed by atoms with Crippen LogP contribution in [0.2, 0.25) is 0 Å². The number of rotatable bonds is 2. The van der Waals surface area contributed by atoms with Crippen LogP contribution in [0.1, 0.15) is 13.8 Å². The van der Waals surface area contributed by atoms with Crippen molar-refractivity contribution in [2.75, 3.05) is 0 Å². The molecule has 2 nitrogen and oxygen atoms in total. The minimum Gasteiger partial charge on any atom is -0.216 e. The van der Waals surface area contributed by atoms with Crippen LogP contribution in [0.4, 0.5) is 0 Å². The average Bonchev–Trinajstić information content (AvgIpc) is 2.15. The molecule has 50 valence electrons. The molecule has 1 aromatic heterocycles. The zero-order valence-corrected chi connectivity index (χ0v) is 7.00. The van der Waals surface area contributed by atoms with E-state index in [-0.39, 0.29) is 0 Å². The Labute approximate surface area is 62.9 Å². The maximum absolute atomic E-state index is 4.03. The van der Waals surface area contributed by atoms with Crippen LogP contribution in [0, 0.1) is 0 Å². The Kier molecular flexibility index (Phi) is 2.48. The molecule has 0 aliphatic heterocycles. The Morgan fingerprint density at radius 2 is 2.44 bits per heavy atom. The standard InChI is InChI=1S/C5H8N2S2/c1-4(2)8-5-6-3-7-9-5/h3-4H,1-2H3. The first-order valence-corrected chi connectivity index (χ1v) is 4.37. The Morgan fingerprint density at radius 1 is 1.67 bits per heavy atom. The van der Waals surface area contributed by atoms with E-state index in [0.29, 0.717) is 5.25 Å². The van der Waals surface area contributed by atoms with Crippen LogP contribution < -0.4 is 0 Å². The summed E-state index contributed by atoms with van der Waals surface area (Å²) < 4.78 is 4.95. The molecule has 1 aromatic rings. The minimum absolute atomic E-state index is 0.609. The lowest BCUT2D eigenvalue weighted by molar-refractivity contribution is 1.10. The molecule has 0 radical (unpaired) electrons. The first-order chi connectivity index (χ1) is 4.29. The van der Waals surface area contributed by atoms with Gasteiger partial charge < -0.3 is 0 Å². The number of aromatic nitrogens is 2. The third-order valence-electron chi connectivity index (χ3n) is 0.678. The summed E-state index contributed by atoms with van der Waals surface area (Å²) in [6, 6.07) is 0. The van der Waals surface area contributed by atoms with E-state index in [1.807, 2.05) is 0 Å². The van der Waals surface area contributed by atoms with E-state index in [2.05, 4.69) is 23.2 Å². The number of thioether (sulfide) groups is 1. The van der Waals surface area contributed by atoms with Crippen LogP contribution in [0.25, 0.3) is 0 Å². The SMILES string of the molecule is CC(C)Sc1ncns1. The molecule has 1 heterocycles. The fraction of sp³-hybridized carbons (Fsp3) is 0.600. The average molecular weight is 160 g/mol. The predicted octanol–water partition coefficient (Wildman–Crippen LogP) is 2.04. The van der Waals surface area contributed by atoms with Crippen molar-refractivity contribution in [3.05, 3.63) is 6.33 Å². The van der Waals surface area contributed by atoms with Crippen molar-refractivity contribution in [1.82, 2.24) is 9.36 Å². The molecular formula is C5H8N2S2. The predicted molar refractivity (Wildman–Crippen MR) is 40.9 cm³/mol. The normalized spacial score (nSPS) is 10.6. The summed E-state index contributed by atoms with van der Waals surface area (Å²) in [5.41, 5.74) is 0. The molecule has 0 fully saturated rings. The topological polar surface area (TPSA) is 25.8 Å². The summed E-state index contributed by atoms with van der Waals surface area (Å²) in [5, 5.41) is 0.609. The largest absolute Gasteiger partial charge is 0.216 e. The van der Waals surface area contributed by atoms with Gasteiger partial charge in [-0.2, -0.15) is 4.37 Å². The first kappa shape index (κ1) is 7.02. The molecule has 0 saturated carbocycles. The summed E-state index contributed by atoms with van der Waals surface area (Å²) in [6.45, 7) is 4.29. The minimum atomic E-state index is 0.609. The molecule has 0 saturated heterocycles. The van der Waals surface area contributed by atoms with Crippen molar-refractivity contribution in [1.29, 1.82) is 0 Å². The highest BCUT2D eigenvalue weighted by Crippen LogP contribution is 2.22. The summed E-state index contributed by atoms with van der Waals surface area (Å²) >= 11 is 3.20. The van der Waals surface area contributed by atoms with Crippen molar-refractivity contribution < 1.29 is 0 Å². The molecule has 0 spiro atoms. The lowest BCUT2D eigenvalue weighted by Gasteiger charge is -1.96. The van der Waals surface area contributed by atoms with Gasteiger partial charge >= 0.3 is 0 Å². The van der Waals surface area contributed by atoms with Crippen LogP contribution in [0.15, 0.2) is 10.7 Å². The van der Waals surface area contributed by atoms with Gasteiger partial charge in [-0.05, 0) is 11.5 Å². The number of hydrogen-bond acceptors (Lipinski definition) is 4. The van der Waals surface area contributed by atoms with Gasteiger partial charge in [0.05, 0.1) is 0 Å². The summed E-state index contributed by atoms with van der Waals surface area (Å²) in [4.78, 5) is 4.03. The molecule has 0 unspecified atom stereocenters. The third-order valence-corrected chi connectivity index (χ3v) is 2.43. The van der Waals surface area contributed by atoms with Gasteiger partial charge in [0.2, 0.25) is 0 Å². The van der Waals surface area contributed by atoms with Crippen molar-refractivity contribution in [3.63, 3.8) is 0 Å². The van der Waals surface area contributed by atoms with Gasteiger partial charge in [0, 0.05) is 5.25 Å². The van der Waals surface area contributed by atoms with Crippen LogP contribution in [0.3, 0.4) is 0 Å². The number of hydrogen-bond donors (Lipinski definition) is 0. The Morgan fingerprint density at radius 3 is 2.89 bits per heavy atom. The molecule has 0 amide bonds. The Balaban J connectivity index is 2.48. The molecule has 0 aromatic carbocycles. The van der Waals surface area contributed by atoms with Crippen LogP contribution in [0.5, 0.6) is 0 Å². The summed E-state index contributed by atoms with van der Waals surface area (Å²) in [6.07, 6.45) is 1.59. The first-order valence-electron chi connectivity index (χ1n) is 2.72. The van der Waals surface area contributed by atoms with E-state index in [4.69, 9.17) is 0 Å². The molecule has 4 heteroatoms. The fourth-order valence-corrected chi connectivity index (χ4v) is 2.09. The second kappa shape index (κ2) is 3.17. The molecular weight excluding hydrogens is 152 g/mol. The maximum atomic E-state index is 4.03. The van der Waals surface area contributed by atoms with Gasteiger partial charge in [-0.15, -0.1) is 0 Å². The highest BCUT2D eigenvalue weighted by molar-refractivity contribution is 8.01. The molecule has 0 bridgehead atoms. The van der Waals surface area contributed by atoms with E-state index in [0.717, 1.165) is 4.34 Å². The van der Waals surface area contributed by atoms with Gasteiger partial charge in [0.1, 0.15) is 6.33 Å². The summed E-state index contributed by atoms with van der Waals surface area (Å²) in [5.74, 6) is 0. The number of nitrogens with zero attached hydrogens (tertiary/aromatic N) is 2. The van der Waals surface area contributed by atoms with Gasteiger partial charge in [0.15, 0.2) is 4.34 Å². The molecule has 0 aliphatic carbocycles. The summed E-state index contributed by atoms with van der Waals surface area (Å²) in [7, 11) is 0. The zero-order chi connectivity index (χ0) is 6.69. The van der Waals surface area contributed by atoms with Crippen molar-refractivity contribution in [2.24, 2.45) is 0 Å². The lowest BCUT2D eigenvalue weighted by Crippen LogP contribution is -1.83. The van der Waals surface area contributed by atoms with Crippen LogP contribution in [-0.2, 0) is 0 Å².